The van der Waals surface area contributed by atoms with Crippen molar-refractivity contribution in [2.24, 2.45) is 5.73 Å². The first-order valence-electron chi connectivity index (χ1n) is 8.24. The summed E-state index contributed by atoms with van der Waals surface area (Å²) in [7, 11) is -1.32. The number of carboxylic acids is 1. The molecule has 0 radical (unpaired) electrons. The predicted octanol–water partition coefficient (Wildman–Crippen LogP) is 3.19. The summed E-state index contributed by atoms with van der Waals surface area (Å²) in [5, 5.41) is 12.1. The van der Waals surface area contributed by atoms with Crippen molar-refractivity contribution in [3.63, 3.8) is 0 Å². The smallest absolute Gasteiger partial charge is 0.407 e. The van der Waals surface area contributed by atoms with Gasteiger partial charge >= 0.3 is 12.1 Å². The van der Waals surface area contributed by atoms with Gasteiger partial charge in [-0.1, -0.05) is 25.7 Å². The molecular weight excluding hydrogens is 312 g/mol. The molecule has 0 unspecified atom stereocenters. The molecule has 0 aromatic heterocycles. The van der Waals surface area contributed by atoms with Crippen molar-refractivity contribution in [2.75, 3.05) is 6.54 Å². The second-order valence-electron chi connectivity index (χ2n) is 8.41. The lowest BCUT2D eigenvalue weighted by molar-refractivity contribution is -0.143. The molecule has 0 fully saturated rings. The van der Waals surface area contributed by atoms with Gasteiger partial charge in [0, 0.05) is 14.6 Å². The number of carbonyl (C=O) groups excluding carboxylic acids is 1. The van der Waals surface area contributed by atoms with Gasteiger partial charge in [-0.2, -0.15) is 0 Å². The number of carbonyl (C=O) groups is 2. The number of rotatable bonds is 9. The molecule has 0 aliphatic rings. The molecule has 0 aromatic rings. The molecule has 0 aromatic carbocycles. The van der Waals surface area contributed by atoms with Crippen LogP contribution in [-0.2, 0) is 9.53 Å². The Labute approximate surface area is 141 Å². The van der Waals surface area contributed by atoms with Gasteiger partial charge in [0.15, 0.2) is 0 Å². The highest BCUT2D eigenvalue weighted by atomic mass is 28.3. The molecule has 0 saturated carbocycles. The summed E-state index contributed by atoms with van der Waals surface area (Å²) in [5.41, 5.74) is 4.41. The van der Waals surface area contributed by atoms with Crippen LogP contribution in [0.15, 0.2) is 0 Å². The highest BCUT2D eigenvalue weighted by Crippen LogP contribution is 2.23. The van der Waals surface area contributed by atoms with Crippen LogP contribution >= 0.6 is 0 Å². The second kappa shape index (κ2) is 8.68. The van der Waals surface area contributed by atoms with Gasteiger partial charge in [0.25, 0.3) is 0 Å². The average molecular weight is 347 g/mol. The van der Waals surface area contributed by atoms with Crippen molar-refractivity contribution in [1.82, 2.24) is 5.32 Å². The maximum Gasteiger partial charge on any atom is 0.407 e. The van der Waals surface area contributed by atoms with Gasteiger partial charge in [-0.05, 0) is 46.5 Å². The first-order valence-corrected chi connectivity index (χ1v) is 12.0. The molecule has 0 bridgehead atoms. The summed E-state index contributed by atoms with van der Waals surface area (Å²) in [4.78, 5) is 23.0. The molecule has 0 heterocycles. The van der Waals surface area contributed by atoms with Gasteiger partial charge in [0.05, 0.1) is 0 Å². The summed E-state index contributed by atoms with van der Waals surface area (Å²) in [5.74, 6) is -0.934. The second-order valence-corrected chi connectivity index (χ2v) is 14.0. The minimum Gasteiger partial charge on any atom is -0.480 e. The van der Waals surface area contributed by atoms with Crippen molar-refractivity contribution >= 4 is 20.1 Å². The van der Waals surface area contributed by atoms with Gasteiger partial charge < -0.3 is 20.9 Å². The Bertz CT molecular complexity index is 402. The molecule has 0 spiro atoms. The highest BCUT2D eigenvalue weighted by Gasteiger charge is 2.34. The van der Waals surface area contributed by atoms with Gasteiger partial charge in [-0.15, -0.1) is 0 Å². The normalized spacial score (nSPS) is 14.9. The van der Waals surface area contributed by atoms with Crippen molar-refractivity contribution in [3.8, 4) is 0 Å². The Hall–Kier alpha value is -1.08. The van der Waals surface area contributed by atoms with Crippen LogP contribution in [0.2, 0.25) is 25.7 Å². The fraction of sp³-hybridized carbons (Fsp3) is 0.875. The SMILES string of the molecule is CC(C)(C)OC(=O)NCCCC[C@@](N)(CC[Si](C)(C)C)C(=O)O. The number of hydrogen-bond donors (Lipinski definition) is 3. The number of unbranched alkanes of at least 4 members (excludes halogenated alkanes) is 1. The van der Waals surface area contributed by atoms with Crippen molar-refractivity contribution in [1.29, 1.82) is 0 Å². The molecule has 7 heteroatoms. The van der Waals surface area contributed by atoms with Crippen molar-refractivity contribution in [3.05, 3.63) is 0 Å². The molecule has 0 aliphatic heterocycles. The standard InChI is InChI=1S/C16H34N2O4Si/c1-15(2,3)22-14(21)18-11-8-7-9-16(17,13(19)20)10-12-23(4,5)6/h7-12,17H2,1-6H3,(H,18,21)(H,19,20)/t16-/m1/s1. The van der Waals surface area contributed by atoms with E-state index in [0.717, 1.165) is 6.04 Å². The summed E-state index contributed by atoms with van der Waals surface area (Å²) in [6, 6.07) is 0.895. The third-order valence-electron chi connectivity index (χ3n) is 3.46. The number of alkyl carbamates (subject to hydrolysis) is 1. The minimum atomic E-state index is -1.32. The summed E-state index contributed by atoms with van der Waals surface area (Å²) in [6.45, 7) is 12.5. The number of nitrogens with one attached hydrogen (secondary N) is 1. The van der Waals surface area contributed by atoms with E-state index in [4.69, 9.17) is 10.5 Å². The molecular formula is C16H34N2O4Si. The summed E-state index contributed by atoms with van der Waals surface area (Å²) in [6.07, 6.45) is 1.82. The molecule has 0 aliphatic carbocycles. The van der Waals surface area contributed by atoms with Crippen LogP contribution in [0.5, 0.6) is 0 Å². The topological polar surface area (TPSA) is 102 Å². The summed E-state index contributed by atoms with van der Waals surface area (Å²) < 4.78 is 5.14. The van der Waals surface area contributed by atoms with Crippen LogP contribution in [-0.4, -0.2) is 42.9 Å². The zero-order chi connectivity index (χ0) is 18.3. The van der Waals surface area contributed by atoms with E-state index in [2.05, 4.69) is 25.0 Å². The maximum absolute atomic E-state index is 11.5. The van der Waals surface area contributed by atoms with Crippen LogP contribution in [0.4, 0.5) is 4.79 Å². The molecule has 1 atom stereocenters. The van der Waals surface area contributed by atoms with Crippen molar-refractivity contribution in [2.45, 2.75) is 83.3 Å². The quantitative estimate of drug-likeness (QED) is 0.439. The lowest BCUT2D eigenvalue weighted by atomic mass is 9.91. The molecule has 0 saturated heterocycles. The zero-order valence-corrected chi connectivity index (χ0v) is 16.5. The lowest BCUT2D eigenvalue weighted by Crippen LogP contribution is -2.49. The monoisotopic (exact) mass is 346 g/mol. The Balaban J connectivity index is 4.15. The van der Waals surface area contributed by atoms with E-state index in [1.807, 2.05) is 0 Å². The van der Waals surface area contributed by atoms with E-state index in [9.17, 15) is 14.7 Å². The molecule has 0 rings (SSSR count). The van der Waals surface area contributed by atoms with E-state index in [1.54, 1.807) is 20.8 Å². The summed E-state index contributed by atoms with van der Waals surface area (Å²) >= 11 is 0. The Kier molecular flexibility index (Phi) is 8.27. The fourth-order valence-electron chi connectivity index (χ4n) is 2.01. The van der Waals surface area contributed by atoms with E-state index in [0.29, 0.717) is 32.2 Å². The lowest BCUT2D eigenvalue weighted by Gasteiger charge is -2.28. The van der Waals surface area contributed by atoms with E-state index < -0.39 is 31.3 Å². The third kappa shape index (κ3) is 11.1. The Morgan fingerprint density at radius 3 is 2.13 bits per heavy atom. The van der Waals surface area contributed by atoms with Crippen LogP contribution in [0.3, 0.4) is 0 Å². The van der Waals surface area contributed by atoms with Crippen molar-refractivity contribution < 1.29 is 19.4 Å². The predicted molar refractivity (Wildman–Crippen MR) is 95.4 cm³/mol. The van der Waals surface area contributed by atoms with Gasteiger partial charge in [-0.3, -0.25) is 4.79 Å². The van der Waals surface area contributed by atoms with E-state index in [-0.39, 0.29) is 0 Å². The van der Waals surface area contributed by atoms with Gasteiger partial charge in [0.1, 0.15) is 11.1 Å². The Morgan fingerprint density at radius 1 is 1.13 bits per heavy atom. The van der Waals surface area contributed by atoms with Crippen LogP contribution in [0, 0.1) is 0 Å². The van der Waals surface area contributed by atoms with Crippen LogP contribution in [0.25, 0.3) is 0 Å². The minimum absolute atomic E-state index is 0.419. The molecule has 136 valence electrons. The van der Waals surface area contributed by atoms with Gasteiger partial charge in [0.2, 0.25) is 0 Å². The number of aliphatic carboxylic acids is 1. The average Bonchev–Trinajstić information content (AvgIpc) is 2.32. The third-order valence-corrected chi connectivity index (χ3v) is 5.21. The highest BCUT2D eigenvalue weighted by molar-refractivity contribution is 6.76. The Morgan fingerprint density at radius 2 is 1.70 bits per heavy atom. The van der Waals surface area contributed by atoms with Crippen LogP contribution < -0.4 is 11.1 Å². The number of amides is 1. The maximum atomic E-state index is 11.5. The number of ether oxygens (including phenoxy) is 1. The molecule has 1 amide bonds. The largest absolute Gasteiger partial charge is 0.480 e. The molecule has 6 nitrogen and oxygen atoms in total. The number of carboxylic acid groups (broad SMARTS) is 1. The first kappa shape index (κ1) is 21.9. The van der Waals surface area contributed by atoms with Gasteiger partial charge in [-0.25, -0.2) is 4.79 Å². The first-order chi connectivity index (χ1) is 10.3. The number of hydrogen-bond acceptors (Lipinski definition) is 4. The van der Waals surface area contributed by atoms with E-state index in [1.165, 1.54) is 0 Å². The number of nitrogens with two attached hydrogens (primary N) is 1. The zero-order valence-electron chi connectivity index (χ0n) is 15.5. The van der Waals surface area contributed by atoms with E-state index >= 15 is 0 Å². The van der Waals surface area contributed by atoms with Crippen LogP contribution in [0.1, 0.15) is 46.5 Å². The fourth-order valence-corrected chi connectivity index (χ4v) is 3.20. The molecule has 4 N–H and O–H groups in total. The molecule has 23 heavy (non-hydrogen) atoms.